The summed E-state index contributed by atoms with van der Waals surface area (Å²) in [5.74, 6) is 0.112. The number of anilines is 1. The molecule has 0 spiro atoms. The molecule has 0 saturated carbocycles. The van der Waals surface area contributed by atoms with E-state index in [0.717, 1.165) is 25.8 Å². The molecule has 5 nitrogen and oxygen atoms in total. The zero-order valence-electron chi connectivity index (χ0n) is 13.8. The van der Waals surface area contributed by atoms with Crippen molar-refractivity contribution in [2.45, 2.75) is 38.3 Å². The fourth-order valence-corrected chi connectivity index (χ4v) is 5.89. The molecular formula is C17H23ClN2O3S. The van der Waals surface area contributed by atoms with Gasteiger partial charge in [-0.3, -0.25) is 9.69 Å². The quantitative estimate of drug-likeness (QED) is 0.746. The lowest BCUT2D eigenvalue weighted by molar-refractivity contribution is -0.123. The molecular weight excluding hydrogens is 348 g/mol. The molecule has 2 aliphatic heterocycles. The van der Waals surface area contributed by atoms with E-state index in [2.05, 4.69) is 11.8 Å². The van der Waals surface area contributed by atoms with E-state index in [1.807, 2.05) is 6.07 Å². The topological polar surface area (TPSA) is 57.7 Å². The molecule has 2 aliphatic rings. The lowest BCUT2D eigenvalue weighted by atomic mass is 10.0. The largest absolute Gasteiger partial charge is 0.306 e. The number of carbonyl (C=O) groups excluding carboxylic acids is 1. The first-order chi connectivity index (χ1) is 11.4. The van der Waals surface area contributed by atoms with Crippen molar-refractivity contribution in [1.82, 2.24) is 4.90 Å². The van der Waals surface area contributed by atoms with Crippen molar-refractivity contribution in [3.8, 4) is 0 Å². The van der Waals surface area contributed by atoms with Gasteiger partial charge in [0, 0.05) is 16.8 Å². The van der Waals surface area contributed by atoms with Crippen molar-refractivity contribution in [3.05, 3.63) is 29.3 Å². The molecule has 1 amide bonds. The van der Waals surface area contributed by atoms with Crippen molar-refractivity contribution in [2.24, 2.45) is 0 Å². The predicted octanol–water partition coefficient (Wildman–Crippen LogP) is 2.34. The standard InChI is InChI=1S/C17H23ClN2O3S/c1-2-3-4-8-19-10-17(21)20(14-7-5-6-13(18)9-14)16-12-24(22,23)11-15(16)19/h5-7,9,15-16H,2-4,8,10-12H2,1H3. The third-order valence-corrected chi connectivity index (χ3v) is 6.77. The first-order valence-corrected chi connectivity index (χ1v) is 10.6. The van der Waals surface area contributed by atoms with Gasteiger partial charge in [-0.1, -0.05) is 37.4 Å². The Morgan fingerprint density at radius 3 is 2.67 bits per heavy atom. The lowest BCUT2D eigenvalue weighted by Crippen LogP contribution is -2.62. The van der Waals surface area contributed by atoms with Gasteiger partial charge in [0.2, 0.25) is 5.91 Å². The number of amides is 1. The molecule has 0 aromatic heterocycles. The molecule has 0 aliphatic carbocycles. The van der Waals surface area contributed by atoms with Gasteiger partial charge in [0.15, 0.2) is 9.84 Å². The minimum Gasteiger partial charge on any atom is -0.306 e. The Hall–Kier alpha value is -1.11. The van der Waals surface area contributed by atoms with Gasteiger partial charge in [0.1, 0.15) is 0 Å². The molecule has 2 atom stereocenters. The summed E-state index contributed by atoms with van der Waals surface area (Å²) in [4.78, 5) is 16.5. The minimum absolute atomic E-state index is 0.0280. The van der Waals surface area contributed by atoms with E-state index in [9.17, 15) is 13.2 Å². The van der Waals surface area contributed by atoms with Crippen molar-refractivity contribution in [2.75, 3.05) is 29.5 Å². The summed E-state index contributed by atoms with van der Waals surface area (Å²) in [5.41, 5.74) is 0.688. The van der Waals surface area contributed by atoms with E-state index in [1.54, 1.807) is 23.1 Å². The van der Waals surface area contributed by atoms with Crippen LogP contribution in [0.15, 0.2) is 24.3 Å². The average Bonchev–Trinajstić information content (AvgIpc) is 2.82. The molecule has 1 aromatic carbocycles. The van der Waals surface area contributed by atoms with Crippen LogP contribution in [0, 0.1) is 0 Å². The normalized spacial score (nSPS) is 26.6. The fourth-order valence-electron chi connectivity index (χ4n) is 3.73. The average molecular weight is 371 g/mol. The Bertz CT molecular complexity index is 722. The molecule has 0 N–H and O–H groups in total. The maximum atomic E-state index is 12.7. The van der Waals surface area contributed by atoms with Gasteiger partial charge >= 0.3 is 0 Å². The summed E-state index contributed by atoms with van der Waals surface area (Å²) in [5, 5.41) is 0.545. The van der Waals surface area contributed by atoms with Crippen LogP contribution in [0.4, 0.5) is 5.69 Å². The fraction of sp³-hybridized carbons (Fsp3) is 0.588. The highest BCUT2D eigenvalue weighted by atomic mass is 35.5. The SMILES string of the molecule is CCCCCN1CC(=O)N(c2cccc(Cl)c2)C2CS(=O)(=O)CC21. The van der Waals surface area contributed by atoms with Crippen LogP contribution in [0.5, 0.6) is 0 Å². The van der Waals surface area contributed by atoms with E-state index in [1.165, 1.54) is 0 Å². The Morgan fingerprint density at radius 2 is 1.96 bits per heavy atom. The summed E-state index contributed by atoms with van der Waals surface area (Å²) in [7, 11) is -3.14. The number of carbonyl (C=O) groups is 1. The highest BCUT2D eigenvalue weighted by Gasteiger charge is 2.49. The number of halogens is 1. The van der Waals surface area contributed by atoms with Gasteiger partial charge in [-0.25, -0.2) is 8.42 Å². The van der Waals surface area contributed by atoms with Gasteiger partial charge in [0.05, 0.1) is 24.1 Å². The van der Waals surface area contributed by atoms with Crippen LogP contribution in [-0.4, -0.2) is 55.9 Å². The Labute approximate surface area is 148 Å². The summed E-state index contributed by atoms with van der Waals surface area (Å²) in [6.45, 7) is 3.18. The van der Waals surface area contributed by atoms with E-state index in [4.69, 9.17) is 11.6 Å². The summed E-state index contributed by atoms with van der Waals surface area (Å²) >= 11 is 6.06. The molecule has 7 heteroatoms. The summed E-state index contributed by atoms with van der Waals surface area (Å²) < 4.78 is 24.5. The van der Waals surface area contributed by atoms with E-state index in [-0.39, 0.29) is 36.0 Å². The Balaban J connectivity index is 1.89. The Kier molecular flexibility index (Phi) is 5.18. The van der Waals surface area contributed by atoms with Gasteiger partial charge in [0.25, 0.3) is 0 Å². The molecule has 0 radical (unpaired) electrons. The van der Waals surface area contributed by atoms with Crippen LogP contribution in [0.1, 0.15) is 26.2 Å². The first-order valence-electron chi connectivity index (χ1n) is 8.43. The molecule has 132 valence electrons. The summed E-state index contributed by atoms with van der Waals surface area (Å²) in [6, 6.07) is 6.64. The van der Waals surface area contributed by atoms with E-state index < -0.39 is 9.84 Å². The Morgan fingerprint density at radius 1 is 1.21 bits per heavy atom. The predicted molar refractivity (Wildman–Crippen MR) is 96.3 cm³/mol. The molecule has 1 aromatic rings. The summed E-state index contributed by atoms with van der Waals surface area (Å²) in [6.07, 6.45) is 3.18. The lowest BCUT2D eigenvalue weighted by Gasteiger charge is -2.43. The molecule has 2 unspecified atom stereocenters. The molecule has 24 heavy (non-hydrogen) atoms. The van der Waals surface area contributed by atoms with Gasteiger partial charge in [-0.2, -0.15) is 0 Å². The van der Waals surface area contributed by atoms with E-state index in [0.29, 0.717) is 10.7 Å². The smallest absolute Gasteiger partial charge is 0.241 e. The van der Waals surface area contributed by atoms with E-state index >= 15 is 0 Å². The number of sulfone groups is 1. The highest BCUT2D eigenvalue weighted by molar-refractivity contribution is 7.91. The van der Waals surface area contributed by atoms with Gasteiger partial charge in [-0.15, -0.1) is 0 Å². The van der Waals surface area contributed by atoms with Crippen molar-refractivity contribution in [1.29, 1.82) is 0 Å². The number of fused-ring (bicyclic) bond motifs is 1. The maximum absolute atomic E-state index is 12.7. The second-order valence-corrected chi connectivity index (χ2v) is 9.22. The van der Waals surface area contributed by atoms with Crippen LogP contribution in [0.3, 0.4) is 0 Å². The number of unbranched alkanes of at least 4 members (excludes halogenated alkanes) is 2. The third-order valence-electron chi connectivity index (χ3n) is 4.84. The van der Waals surface area contributed by atoms with Crippen LogP contribution in [-0.2, 0) is 14.6 Å². The van der Waals surface area contributed by atoms with Gasteiger partial charge < -0.3 is 4.90 Å². The number of hydrogen-bond acceptors (Lipinski definition) is 4. The molecule has 2 fully saturated rings. The van der Waals surface area contributed by atoms with Crippen molar-refractivity contribution < 1.29 is 13.2 Å². The zero-order valence-corrected chi connectivity index (χ0v) is 15.4. The first kappa shape index (κ1) is 17.7. The second-order valence-electron chi connectivity index (χ2n) is 6.63. The molecule has 2 saturated heterocycles. The third kappa shape index (κ3) is 3.60. The van der Waals surface area contributed by atoms with Crippen LogP contribution >= 0.6 is 11.6 Å². The number of rotatable bonds is 5. The molecule has 0 bridgehead atoms. The van der Waals surface area contributed by atoms with Crippen molar-refractivity contribution >= 4 is 33.0 Å². The number of piperazine rings is 1. The van der Waals surface area contributed by atoms with Crippen LogP contribution in [0.2, 0.25) is 5.02 Å². The second kappa shape index (κ2) is 7.02. The minimum atomic E-state index is -3.14. The monoisotopic (exact) mass is 370 g/mol. The van der Waals surface area contributed by atoms with Gasteiger partial charge in [-0.05, 0) is 31.2 Å². The number of hydrogen-bond donors (Lipinski definition) is 0. The molecule has 2 heterocycles. The number of benzene rings is 1. The highest BCUT2D eigenvalue weighted by Crippen LogP contribution is 2.32. The van der Waals surface area contributed by atoms with Crippen LogP contribution < -0.4 is 4.90 Å². The van der Waals surface area contributed by atoms with Crippen LogP contribution in [0.25, 0.3) is 0 Å². The maximum Gasteiger partial charge on any atom is 0.241 e. The van der Waals surface area contributed by atoms with Crippen molar-refractivity contribution in [3.63, 3.8) is 0 Å². The zero-order chi connectivity index (χ0) is 17.3. The number of nitrogens with zero attached hydrogens (tertiary/aromatic N) is 2. The molecule has 3 rings (SSSR count).